The Morgan fingerprint density at radius 1 is 1.16 bits per heavy atom. The number of oxazole rings is 1. The minimum atomic E-state index is 0.301. The van der Waals surface area contributed by atoms with Crippen molar-refractivity contribution in [1.29, 1.82) is 0 Å². The van der Waals surface area contributed by atoms with Crippen molar-refractivity contribution in [3.8, 4) is 0 Å². The van der Waals surface area contributed by atoms with Crippen LogP contribution in [0.3, 0.4) is 0 Å². The van der Waals surface area contributed by atoms with Crippen molar-refractivity contribution in [1.82, 2.24) is 4.98 Å². The molecule has 0 saturated heterocycles. The van der Waals surface area contributed by atoms with Gasteiger partial charge in [0.15, 0.2) is 0 Å². The Balaban J connectivity index is 1.59. The van der Waals surface area contributed by atoms with Crippen LogP contribution >= 0.6 is 0 Å². The molecule has 3 heteroatoms. The highest BCUT2D eigenvalue weighted by Crippen LogP contribution is 2.60. The molecule has 4 aliphatic rings. The molecular weight excluding hydrogens is 236 g/mol. The molecule has 1 aromatic rings. The van der Waals surface area contributed by atoms with Crippen LogP contribution in [0.4, 0.5) is 0 Å². The molecule has 104 valence electrons. The summed E-state index contributed by atoms with van der Waals surface area (Å²) in [5.41, 5.74) is 5.87. The summed E-state index contributed by atoms with van der Waals surface area (Å²) in [7, 11) is 0. The summed E-state index contributed by atoms with van der Waals surface area (Å²) < 4.78 is 6.10. The topological polar surface area (TPSA) is 52.0 Å². The second kappa shape index (κ2) is 4.34. The third-order valence-corrected chi connectivity index (χ3v) is 5.67. The van der Waals surface area contributed by atoms with Crippen LogP contribution in [-0.2, 0) is 11.8 Å². The first-order chi connectivity index (χ1) is 9.27. The summed E-state index contributed by atoms with van der Waals surface area (Å²) in [6.07, 6.45) is 12.3. The minimum Gasteiger partial charge on any atom is -0.445 e. The van der Waals surface area contributed by atoms with Gasteiger partial charge in [-0.3, -0.25) is 0 Å². The quantitative estimate of drug-likeness (QED) is 0.905. The Kier molecular flexibility index (Phi) is 2.73. The fourth-order valence-corrected chi connectivity index (χ4v) is 5.32. The first-order valence-corrected chi connectivity index (χ1v) is 7.93. The maximum Gasteiger partial charge on any atom is 0.200 e. The average Bonchev–Trinajstić information content (AvgIpc) is 2.84. The van der Waals surface area contributed by atoms with Crippen LogP contribution in [0.1, 0.15) is 56.6 Å². The SMILES string of the molecule is NCCCc1cnc(C23CC4CC(CC(C4)C2)C3)o1. The van der Waals surface area contributed by atoms with Gasteiger partial charge in [0.25, 0.3) is 0 Å². The molecule has 0 atom stereocenters. The van der Waals surface area contributed by atoms with Crippen LogP contribution in [0.25, 0.3) is 0 Å². The Hall–Kier alpha value is -0.830. The van der Waals surface area contributed by atoms with Gasteiger partial charge in [-0.2, -0.15) is 0 Å². The lowest BCUT2D eigenvalue weighted by Crippen LogP contribution is -2.48. The van der Waals surface area contributed by atoms with Gasteiger partial charge >= 0.3 is 0 Å². The molecule has 0 aromatic carbocycles. The fraction of sp³-hybridized carbons (Fsp3) is 0.812. The Bertz CT molecular complexity index is 430. The minimum absolute atomic E-state index is 0.301. The van der Waals surface area contributed by atoms with Crippen LogP contribution < -0.4 is 5.73 Å². The van der Waals surface area contributed by atoms with E-state index in [1.165, 1.54) is 38.5 Å². The lowest BCUT2D eigenvalue weighted by molar-refractivity contribution is -0.0182. The van der Waals surface area contributed by atoms with Crippen molar-refractivity contribution in [2.24, 2.45) is 23.5 Å². The van der Waals surface area contributed by atoms with E-state index in [1.54, 1.807) is 0 Å². The van der Waals surface area contributed by atoms with Crippen molar-refractivity contribution in [3.63, 3.8) is 0 Å². The van der Waals surface area contributed by atoms with Crippen LogP contribution in [-0.4, -0.2) is 11.5 Å². The van der Waals surface area contributed by atoms with E-state index >= 15 is 0 Å². The van der Waals surface area contributed by atoms with Crippen LogP contribution in [0, 0.1) is 17.8 Å². The summed E-state index contributed by atoms with van der Waals surface area (Å²) in [6, 6.07) is 0. The van der Waals surface area contributed by atoms with Gasteiger partial charge in [0, 0.05) is 11.8 Å². The monoisotopic (exact) mass is 260 g/mol. The molecule has 0 amide bonds. The van der Waals surface area contributed by atoms with Crippen LogP contribution in [0.5, 0.6) is 0 Å². The highest BCUT2D eigenvalue weighted by molar-refractivity contribution is 5.16. The van der Waals surface area contributed by atoms with Gasteiger partial charge < -0.3 is 10.2 Å². The van der Waals surface area contributed by atoms with E-state index in [9.17, 15) is 0 Å². The van der Waals surface area contributed by atoms with Crippen LogP contribution in [0.2, 0.25) is 0 Å². The van der Waals surface area contributed by atoms with Crippen molar-refractivity contribution in [2.45, 2.75) is 56.8 Å². The molecule has 19 heavy (non-hydrogen) atoms. The molecule has 3 nitrogen and oxygen atoms in total. The summed E-state index contributed by atoms with van der Waals surface area (Å²) in [5.74, 6) is 4.94. The van der Waals surface area contributed by atoms with Crippen LogP contribution in [0.15, 0.2) is 10.6 Å². The summed E-state index contributed by atoms with van der Waals surface area (Å²) in [6.45, 7) is 0.730. The Morgan fingerprint density at radius 3 is 2.37 bits per heavy atom. The van der Waals surface area contributed by atoms with E-state index in [4.69, 9.17) is 10.2 Å². The lowest BCUT2D eigenvalue weighted by atomic mass is 9.49. The largest absolute Gasteiger partial charge is 0.445 e. The summed E-state index contributed by atoms with van der Waals surface area (Å²) in [4.78, 5) is 4.65. The van der Waals surface area contributed by atoms with E-state index in [0.29, 0.717) is 5.41 Å². The van der Waals surface area contributed by atoms with Gasteiger partial charge in [0.05, 0.1) is 6.20 Å². The average molecular weight is 260 g/mol. The van der Waals surface area contributed by atoms with Gasteiger partial charge in [-0.25, -0.2) is 4.98 Å². The number of rotatable bonds is 4. The van der Waals surface area contributed by atoms with Gasteiger partial charge in [-0.15, -0.1) is 0 Å². The van der Waals surface area contributed by atoms with Crippen molar-refractivity contribution in [2.75, 3.05) is 6.54 Å². The number of aryl methyl sites for hydroxylation is 1. The predicted octanol–water partition coefficient (Wildman–Crippen LogP) is 3.03. The third-order valence-electron chi connectivity index (χ3n) is 5.67. The maximum atomic E-state index is 6.10. The normalized spacial score (nSPS) is 39.9. The van der Waals surface area contributed by atoms with E-state index < -0.39 is 0 Å². The first kappa shape index (κ1) is 12.0. The maximum absolute atomic E-state index is 6.10. The number of hydrogen-bond acceptors (Lipinski definition) is 3. The third kappa shape index (κ3) is 1.94. The van der Waals surface area contributed by atoms with E-state index in [0.717, 1.165) is 48.8 Å². The molecule has 1 aromatic heterocycles. The predicted molar refractivity (Wildman–Crippen MR) is 73.7 cm³/mol. The number of hydrogen-bond donors (Lipinski definition) is 1. The summed E-state index contributed by atoms with van der Waals surface area (Å²) >= 11 is 0. The molecule has 4 fully saturated rings. The lowest BCUT2D eigenvalue weighted by Gasteiger charge is -2.55. The molecule has 1 heterocycles. The number of nitrogens with two attached hydrogens (primary N) is 1. The molecule has 4 aliphatic carbocycles. The van der Waals surface area contributed by atoms with E-state index in [-0.39, 0.29) is 0 Å². The van der Waals surface area contributed by atoms with Crippen molar-refractivity contribution in [3.05, 3.63) is 17.8 Å². The molecule has 0 radical (unpaired) electrons. The van der Waals surface area contributed by atoms with Gasteiger partial charge in [0.2, 0.25) is 5.89 Å². The molecule has 0 unspecified atom stereocenters. The van der Waals surface area contributed by atoms with Gasteiger partial charge in [-0.05, 0) is 69.2 Å². The molecule has 5 rings (SSSR count). The first-order valence-electron chi connectivity index (χ1n) is 7.93. The van der Waals surface area contributed by atoms with Crippen molar-refractivity contribution < 1.29 is 4.42 Å². The number of aromatic nitrogens is 1. The molecule has 4 saturated carbocycles. The Labute approximate surface area is 115 Å². The number of nitrogens with zero attached hydrogens (tertiary/aromatic N) is 1. The molecule has 0 aliphatic heterocycles. The molecule has 0 spiro atoms. The second-order valence-corrected chi connectivity index (χ2v) is 7.22. The Morgan fingerprint density at radius 2 is 1.79 bits per heavy atom. The second-order valence-electron chi connectivity index (χ2n) is 7.22. The zero-order valence-electron chi connectivity index (χ0n) is 11.6. The highest BCUT2D eigenvalue weighted by Gasteiger charge is 2.53. The fourth-order valence-electron chi connectivity index (χ4n) is 5.32. The van der Waals surface area contributed by atoms with E-state index in [2.05, 4.69) is 4.98 Å². The molecule has 4 bridgehead atoms. The highest BCUT2D eigenvalue weighted by atomic mass is 16.4. The smallest absolute Gasteiger partial charge is 0.200 e. The zero-order chi connectivity index (χ0) is 12.9. The van der Waals surface area contributed by atoms with E-state index in [1.807, 2.05) is 6.20 Å². The van der Waals surface area contributed by atoms with Gasteiger partial charge in [-0.1, -0.05) is 0 Å². The molecular formula is C16H24N2O. The molecule has 2 N–H and O–H groups in total. The zero-order valence-corrected chi connectivity index (χ0v) is 11.6. The van der Waals surface area contributed by atoms with Crippen molar-refractivity contribution >= 4 is 0 Å². The standard InChI is InChI=1S/C16H24N2O/c17-3-1-2-14-10-18-15(19-14)16-7-11-4-12(8-16)6-13(5-11)9-16/h10-13H,1-9,17H2. The summed E-state index contributed by atoms with van der Waals surface area (Å²) in [5, 5.41) is 0. The van der Waals surface area contributed by atoms with Gasteiger partial charge in [0.1, 0.15) is 5.76 Å².